The number of hydrogen-bond donors (Lipinski definition) is 1. The number of nitrogens with two attached hydrogens (primary N) is 1. The van der Waals surface area contributed by atoms with Gasteiger partial charge in [0.15, 0.2) is 5.65 Å². The Labute approximate surface area is 103 Å². The first-order valence-electron chi connectivity index (χ1n) is 5.57. The summed E-state index contributed by atoms with van der Waals surface area (Å²) in [7, 11) is 0. The van der Waals surface area contributed by atoms with Gasteiger partial charge in [0.05, 0.1) is 5.69 Å². The molecule has 0 spiro atoms. The minimum Gasteiger partial charge on any atom is -0.396 e. The van der Waals surface area contributed by atoms with Crippen molar-refractivity contribution in [2.75, 3.05) is 5.73 Å². The van der Waals surface area contributed by atoms with E-state index in [2.05, 4.69) is 10.2 Å². The Morgan fingerprint density at radius 1 is 1.11 bits per heavy atom. The molecule has 1 aromatic carbocycles. The first kappa shape index (κ1) is 10.7. The van der Waals surface area contributed by atoms with E-state index < -0.39 is 0 Å². The Morgan fingerprint density at radius 3 is 2.78 bits per heavy atom. The summed E-state index contributed by atoms with van der Waals surface area (Å²) in [5, 5.41) is 8.07. The Kier molecular flexibility index (Phi) is 2.44. The van der Waals surface area contributed by atoms with E-state index in [-0.39, 0.29) is 5.82 Å². The van der Waals surface area contributed by atoms with Gasteiger partial charge < -0.3 is 5.73 Å². The lowest BCUT2D eigenvalue weighted by atomic mass is 10.1. The smallest absolute Gasteiger partial charge is 0.183 e. The average molecular weight is 242 g/mol. The summed E-state index contributed by atoms with van der Waals surface area (Å²) in [5.74, 6) is 0.431. The summed E-state index contributed by atoms with van der Waals surface area (Å²) in [6.45, 7) is 0. The minimum absolute atomic E-state index is 0.238. The minimum atomic E-state index is -0.238. The molecule has 0 aliphatic heterocycles. The summed E-state index contributed by atoms with van der Waals surface area (Å²) in [6, 6.07) is 10.2. The van der Waals surface area contributed by atoms with Crippen LogP contribution in [-0.2, 0) is 6.42 Å². The maximum atomic E-state index is 13.6. The highest BCUT2D eigenvalue weighted by Gasteiger charge is 2.10. The van der Waals surface area contributed by atoms with E-state index in [1.807, 2.05) is 12.3 Å². The van der Waals surface area contributed by atoms with Crippen molar-refractivity contribution in [3.05, 3.63) is 59.8 Å². The molecule has 3 rings (SSSR count). The molecule has 2 N–H and O–H groups in total. The van der Waals surface area contributed by atoms with Crippen LogP contribution in [0.1, 0.15) is 11.4 Å². The van der Waals surface area contributed by atoms with Gasteiger partial charge in [0.25, 0.3) is 0 Å². The van der Waals surface area contributed by atoms with E-state index in [1.54, 1.807) is 28.7 Å². The maximum Gasteiger partial charge on any atom is 0.183 e. The van der Waals surface area contributed by atoms with Crippen LogP contribution in [0, 0.1) is 5.82 Å². The Bertz CT molecular complexity index is 705. The van der Waals surface area contributed by atoms with E-state index in [0.717, 1.165) is 0 Å². The zero-order valence-electron chi connectivity index (χ0n) is 9.55. The van der Waals surface area contributed by atoms with Crippen LogP contribution in [0.3, 0.4) is 0 Å². The number of fused-ring (bicyclic) bond motifs is 1. The second-order valence-corrected chi connectivity index (χ2v) is 4.04. The van der Waals surface area contributed by atoms with Crippen LogP contribution in [0.15, 0.2) is 42.6 Å². The number of halogens is 1. The van der Waals surface area contributed by atoms with Crippen molar-refractivity contribution in [1.29, 1.82) is 0 Å². The molecule has 3 aromatic rings. The van der Waals surface area contributed by atoms with E-state index in [0.29, 0.717) is 29.1 Å². The molecule has 4 nitrogen and oxygen atoms in total. The van der Waals surface area contributed by atoms with Gasteiger partial charge in [-0.1, -0.05) is 18.2 Å². The van der Waals surface area contributed by atoms with Crippen LogP contribution >= 0.6 is 0 Å². The van der Waals surface area contributed by atoms with Crippen LogP contribution in [0.2, 0.25) is 0 Å². The van der Waals surface area contributed by atoms with Crippen molar-refractivity contribution in [3.63, 3.8) is 0 Å². The number of pyridine rings is 1. The van der Waals surface area contributed by atoms with Crippen LogP contribution in [-0.4, -0.2) is 14.6 Å². The lowest BCUT2D eigenvalue weighted by Gasteiger charge is -2.02. The summed E-state index contributed by atoms with van der Waals surface area (Å²) in [5.41, 5.74) is 7.55. The highest BCUT2D eigenvalue weighted by atomic mass is 19.1. The summed E-state index contributed by atoms with van der Waals surface area (Å²) in [6.07, 6.45) is 2.21. The van der Waals surface area contributed by atoms with Crippen molar-refractivity contribution in [3.8, 4) is 0 Å². The fourth-order valence-corrected chi connectivity index (χ4v) is 1.92. The van der Waals surface area contributed by atoms with Crippen molar-refractivity contribution in [2.45, 2.75) is 6.42 Å². The van der Waals surface area contributed by atoms with Gasteiger partial charge in [-0.25, -0.2) is 4.39 Å². The van der Waals surface area contributed by atoms with Gasteiger partial charge in [-0.05, 0) is 23.8 Å². The lowest BCUT2D eigenvalue weighted by molar-refractivity contribution is 0.611. The molecule has 2 heterocycles. The van der Waals surface area contributed by atoms with Gasteiger partial charge in [-0.3, -0.25) is 4.40 Å². The average Bonchev–Trinajstić information content (AvgIpc) is 2.77. The molecule has 0 amide bonds. The monoisotopic (exact) mass is 242 g/mol. The molecule has 0 saturated carbocycles. The van der Waals surface area contributed by atoms with Gasteiger partial charge in [-0.15, -0.1) is 10.2 Å². The Morgan fingerprint density at radius 2 is 1.94 bits per heavy atom. The standard InChI is InChI=1S/C13H11FN4/c14-10-5-2-1-4-9(10)8-12-16-17-13-11(15)6-3-7-18(12)13/h1-7H,8,15H2. The van der Waals surface area contributed by atoms with Crippen molar-refractivity contribution < 1.29 is 4.39 Å². The number of aromatic nitrogens is 3. The van der Waals surface area contributed by atoms with E-state index in [1.165, 1.54) is 6.07 Å². The Hall–Kier alpha value is -2.43. The molecule has 0 bridgehead atoms. The second kappa shape index (κ2) is 4.10. The molecule has 18 heavy (non-hydrogen) atoms. The summed E-state index contributed by atoms with van der Waals surface area (Å²) < 4.78 is 15.4. The van der Waals surface area contributed by atoms with E-state index >= 15 is 0 Å². The number of rotatable bonds is 2. The van der Waals surface area contributed by atoms with Crippen molar-refractivity contribution in [2.24, 2.45) is 0 Å². The molecule has 0 unspecified atom stereocenters. The zero-order valence-corrected chi connectivity index (χ0v) is 9.55. The molecular formula is C13H11FN4. The summed E-state index contributed by atoms with van der Waals surface area (Å²) >= 11 is 0. The van der Waals surface area contributed by atoms with Crippen molar-refractivity contribution >= 4 is 11.3 Å². The maximum absolute atomic E-state index is 13.6. The Balaban J connectivity index is 2.06. The molecule has 90 valence electrons. The largest absolute Gasteiger partial charge is 0.396 e. The molecule has 5 heteroatoms. The van der Waals surface area contributed by atoms with E-state index in [4.69, 9.17) is 5.73 Å². The highest BCUT2D eigenvalue weighted by Crippen LogP contribution is 2.15. The SMILES string of the molecule is Nc1cccn2c(Cc3ccccc3F)nnc12. The first-order chi connectivity index (χ1) is 8.75. The van der Waals surface area contributed by atoms with E-state index in [9.17, 15) is 4.39 Å². The molecule has 0 aliphatic carbocycles. The molecular weight excluding hydrogens is 231 g/mol. The number of anilines is 1. The molecule has 0 fully saturated rings. The zero-order chi connectivity index (χ0) is 12.5. The lowest BCUT2D eigenvalue weighted by Crippen LogP contribution is -1.99. The third-order valence-corrected chi connectivity index (χ3v) is 2.84. The number of hydrogen-bond acceptors (Lipinski definition) is 3. The van der Waals surface area contributed by atoms with Gasteiger partial charge in [0, 0.05) is 12.6 Å². The molecule has 2 aromatic heterocycles. The van der Waals surface area contributed by atoms with Crippen LogP contribution in [0.4, 0.5) is 10.1 Å². The molecule has 0 atom stereocenters. The second-order valence-electron chi connectivity index (χ2n) is 4.04. The predicted octanol–water partition coefficient (Wildman–Crippen LogP) is 2.04. The van der Waals surface area contributed by atoms with Crippen LogP contribution in [0.25, 0.3) is 5.65 Å². The number of benzene rings is 1. The van der Waals surface area contributed by atoms with Gasteiger partial charge >= 0.3 is 0 Å². The van der Waals surface area contributed by atoms with Gasteiger partial charge in [0.2, 0.25) is 0 Å². The quantitative estimate of drug-likeness (QED) is 0.748. The third-order valence-electron chi connectivity index (χ3n) is 2.84. The highest BCUT2D eigenvalue weighted by molar-refractivity contribution is 5.63. The van der Waals surface area contributed by atoms with Crippen LogP contribution < -0.4 is 5.73 Å². The molecule has 0 radical (unpaired) electrons. The van der Waals surface area contributed by atoms with Crippen molar-refractivity contribution in [1.82, 2.24) is 14.6 Å². The molecule has 0 aliphatic rings. The summed E-state index contributed by atoms with van der Waals surface area (Å²) in [4.78, 5) is 0. The normalized spacial score (nSPS) is 10.9. The third kappa shape index (κ3) is 1.69. The predicted molar refractivity (Wildman–Crippen MR) is 66.6 cm³/mol. The molecule has 0 saturated heterocycles. The number of nitrogens with zero attached hydrogens (tertiary/aromatic N) is 3. The number of nitrogen functional groups attached to an aromatic ring is 1. The fourth-order valence-electron chi connectivity index (χ4n) is 1.92. The van der Waals surface area contributed by atoms with Crippen LogP contribution in [0.5, 0.6) is 0 Å². The fraction of sp³-hybridized carbons (Fsp3) is 0.0769. The van der Waals surface area contributed by atoms with Gasteiger partial charge in [0.1, 0.15) is 11.6 Å². The first-order valence-corrected chi connectivity index (χ1v) is 5.57. The van der Waals surface area contributed by atoms with Gasteiger partial charge in [-0.2, -0.15) is 0 Å². The topological polar surface area (TPSA) is 56.2 Å².